The first-order chi connectivity index (χ1) is 15.8. The van der Waals surface area contributed by atoms with Crippen molar-refractivity contribution in [2.24, 2.45) is 11.8 Å². The smallest absolute Gasteiger partial charge is 0.225 e. The van der Waals surface area contributed by atoms with Crippen LogP contribution in [0, 0.1) is 11.8 Å². The van der Waals surface area contributed by atoms with Gasteiger partial charge in [0.2, 0.25) is 5.91 Å². The number of amides is 1. The molecule has 0 bridgehead atoms. The van der Waals surface area contributed by atoms with Crippen LogP contribution in [0.5, 0.6) is 0 Å². The molecule has 0 atom stereocenters. The summed E-state index contributed by atoms with van der Waals surface area (Å²) in [5.74, 6) is 2.76. The summed E-state index contributed by atoms with van der Waals surface area (Å²) in [4.78, 5) is 17.4. The Morgan fingerprint density at radius 3 is 2.31 bits per heavy atom. The van der Waals surface area contributed by atoms with Gasteiger partial charge in [0.1, 0.15) is 5.69 Å². The molecule has 2 aromatic heterocycles. The maximum Gasteiger partial charge on any atom is 0.225 e. The predicted octanol–water partition coefficient (Wildman–Crippen LogP) is 4.43. The predicted molar refractivity (Wildman–Crippen MR) is 124 cm³/mol. The summed E-state index contributed by atoms with van der Waals surface area (Å²) in [6, 6.07) is 18.4. The Morgan fingerprint density at radius 1 is 0.875 bits per heavy atom. The molecule has 0 N–H and O–H groups in total. The van der Waals surface area contributed by atoms with Crippen LogP contribution < -0.4 is 4.90 Å². The third-order valence-corrected chi connectivity index (χ3v) is 6.89. The number of benzene rings is 1. The molecular formula is C26H30N4O2. The lowest BCUT2D eigenvalue weighted by molar-refractivity contribution is -0.137. The highest BCUT2D eigenvalue weighted by atomic mass is 16.3. The van der Waals surface area contributed by atoms with Crippen molar-refractivity contribution in [3.8, 4) is 11.5 Å². The molecule has 2 aliphatic rings. The molecule has 4 heterocycles. The summed E-state index contributed by atoms with van der Waals surface area (Å²) in [6.07, 6.45) is 6.74. The van der Waals surface area contributed by atoms with Crippen LogP contribution in [0.4, 0.5) is 5.82 Å². The molecule has 2 fully saturated rings. The van der Waals surface area contributed by atoms with Crippen molar-refractivity contribution in [2.45, 2.75) is 32.1 Å². The molecule has 0 radical (unpaired) electrons. The molecule has 5 rings (SSSR count). The monoisotopic (exact) mass is 430 g/mol. The number of anilines is 1. The minimum atomic E-state index is 0.132. The van der Waals surface area contributed by atoms with Crippen molar-refractivity contribution in [1.29, 1.82) is 0 Å². The van der Waals surface area contributed by atoms with Crippen molar-refractivity contribution in [1.82, 2.24) is 15.1 Å². The van der Waals surface area contributed by atoms with E-state index in [1.165, 1.54) is 5.56 Å². The zero-order valence-electron chi connectivity index (χ0n) is 18.4. The second-order valence-corrected chi connectivity index (χ2v) is 8.97. The Hall–Kier alpha value is -3.15. The normalized spacial score (nSPS) is 18.1. The van der Waals surface area contributed by atoms with Crippen LogP contribution >= 0.6 is 0 Å². The molecule has 0 unspecified atom stereocenters. The zero-order chi connectivity index (χ0) is 21.8. The second-order valence-electron chi connectivity index (χ2n) is 8.97. The van der Waals surface area contributed by atoms with Gasteiger partial charge in [-0.05, 0) is 67.9 Å². The summed E-state index contributed by atoms with van der Waals surface area (Å²) < 4.78 is 5.38. The molecule has 0 spiro atoms. The largest absolute Gasteiger partial charge is 0.463 e. The van der Waals surface area contributed by atoms with Crippen LogP contribution in [-0.4, -0.2) is 47.2 Å². The van der Waals surface area contributed by atoms with Crippen LogP contribution in [0.1, 0.15) is 31.2 Å². The third-order valence-electron chi connectivity index (χ3n) is 6.89. The highest BCUT2D eigenvalue weighted by Gasteiger charge is 2.31. The lowest BCUT2D eigenvalue weighted by Gasteiger charge is -2.37. The van der Waals surface area contributed by atoms with Gasteiger partial charge in [-0.3, -0.25) is 4.79 Å². The van der Waals surface area contributed by atoms with E-state index in [1.54, 1.807) is 6.26 Å². The SMILES string of the molecule is O=C(C1CCN(c2ccc(-c3ccco3)nn2)CC1)N1CCC(Cc2ccccc2)CC1. The topological polar surface area (TPSA) is 62.5 Å². The van der Waals surface area contributed by atoms with E-state index in [9.17, 15) is 4.79 Å². The van der Waals surface area contributed by atoms with Gasteiger partial charge in [-0.2, -0.15) is 0 Å². The molecule has 1 aromatic carbocycles. The number of furan rings is 1. The summed E-state index contributed by atoms with van der Waals surface area (Å²) in [7, 11) is 0. The molecule has 3 aromatic rings. The Kier molecular flexibility index (Phi) is 6.19. The molecule has 2 aliphatic heterocycles. The maximum absolute atomic E-state index is 13.1. The van der Waals surface area contributed by atoms with E-state index in [-0.39, 0.29) is 5.92 Å². The number of hydrogen-bond donors (Lipinski definition) is 0. The minimum Gasteiger partial charge on any atom is -0.463 e. The van der Waals surface area contributed by atoms with Crippen molar-refractivity contribution in [2.75, 3.05) is 31.1 Å². The van der Waals surface area contributed by atoms with Gasteiger partial charge < -0.3 is 14.2 Å². The van der Waals surface area contributed by atoms with Crippen LogP contribution in [0.3, 0.4) is 0 Å². The number of carbonyl (C=O) groups is 1. The highest BCUT2D eigenvalue weighted by molar-refractivity contribution is 5.79. The van der Waals surface area contributed by atoms with E-state index >= 15 is 0 Å². The van der Waals surface area contributed by atoms with Crippen LogP contribution in [0.2, 0.25) is 0 Å². The first-order valence-electron chi connectivity index (χ1n) is 11.7. The maximum atomic E-state index is 13.1. The van der Waals surface area contributed by atoms with Crippen molar-refractivity contribution >= 4 is 11.7 Å². The van der Waals surface area contributed by atoms with E-state index < -0.39 is 0 Å². The number of rotatable bonds is 5. The quantitative estimate of drug-likeness (QED) is 0.599. The molecule has 0 saturated carbocycles. The molecule has 166 valence electrons. The standard InChI is InChI=1S/C26H30N4O2/c31-26(30-14-10-21(11-15-30)19-20-5-2-1-3-6-20)22-12-16-29(17-13-22)25-9-8-23(27-28-25)24-7-4-18-32-24/h1-9,18,21-22H,10-17,19H2. The third kappa shape index (κ3) is 4.69. The van der Waals surface area contributed by atoms with E-state index in [1.807, 2.05) is 24.3 Å². The first kappa shape index (κ1) is 20.7. The van der Waals surface area contributed by atoms with Gasteiger partial charge in [0.15, 0.2) is 11.6 Å². The average Bonchev–Trinajstić information content (AvgIpc) is 3.40. The fourth-order valence-corrected chi connectivity index (χ4v) is 4.97. The lowest BCUT2D eigenvalue weighted by atomic mass is 9.88. The molecular weight excluding hydrogens is 400 g/mol. The number of piperidine rings is 2. The van der Waals surface area contributed by atoms with Crippen molar-refractivity contribution < 1.29 is 9.21 Å². The molecule has 6 nitrogen and oxygen atoms in total. The minimum absolute atomic E-state index is 0.132. The van der Waals surface area contributed by atoms with Gasteiger partial charge in [0.05, 0.1) is 6.26 Å². The van der Waals surface area contributed by atoms with E-state index in [0.29, 0.717) is 11.8 Å². The van der Waals surface area contributed by atoms with Gasteiger partial charge in [-0.25, -0.2) is 0 Å². The number of hydrogen-bond acceptors (Lipinski definition) is 5. The average molecular weight is 431 g/mol. The summed E-state index contributed by atoms with van der Waals surface area (Å²) in [5, 5.41) is 8.68. The molecule has 6 heteroatoms. The fourth-order valence-electron chi connectivity index (χ4n) is 4.97. The Morgan fingerprint density at radius 2 is 1.66 bits per heavy atom. The molecule has 1 amide bonds. The van der Waals surface area contributed by atoms with Crippen LogP contribution in [0.15, 0.2) is 65.3 Å². The second kappa shape index (κ2) is 9.55. The number of carbonyl (C=O) groups excluding carboxylic acids is 1. The Balaban J connectivity index is 1.09. The number of nitrogens with zero attached hydrogens (tertiary/aromatic N) is 4. The van der Waals surface area contributed by atoms with E-state index in [2.05, 4.69) is 50.3 Å². The van der Waals surface area contributed by atoms with Crippen molar-refractivity contribution in [3.63, 3.8) is 0 Å². The number of likely N-dealkylation sites (tertiary alicyclic amines) is 1. The van der Waals surface area contributed by atoms with E-state index in [4.69, 9.17) is 4.42 Å². The van der Waals surface area contributed by atoms with Crippen molar-refractivity contribution in [3.05, 3.63) is 66.4 Å². The first-order valence-corrected chi connectivity index (χ1v) is 11.7. The van der Waals surface area contributed by atoms with Crippen LogP contribution in [0.25, 0.3) is 11.5 Å². The van der Waals surface area contributed by atoms with Gasteiger partial charge in [-0.1, -0.05) is 30.3 Å². The molecule has 2 saturated heterocycles. The van der Waals surface area contributed by atoms with Gasteiger partial charge in [0, 0.05) is 32.1 Å². The Bertz CT molecular complexity index is 988. The highest BCUT2D eigenvalue weighted by Crippen LogP contribution is 2.27. The van der Waals surface area contributed by atoms with Crippen LogP contribution in [-0.2, 0) is 11.2 Å². The molecule has 0 aliphatic carbocycles. The van der Waals surface area contributed by atoms with Gasteiger partial charge in [-0.15, -0.1) is 10.2 Å². The fraction of sp³-hybridized carbons (Fsp3) is 0.423. The van der Waals surface area contributed by atoms with Gasteiger partial charge in [0.25, 0.3) is 0 Å². The Labute approximate surface area is 189 Å². The molecule has 32 heavy (non-hydrogen) atoms. The number of aromatic nitrogens is 2. The zero-order valence-corrected chi connectivity index (χ0v) is 18.4. The summed E-state index contributed by atoms with van der Waals surface area (Å²) >= 11 is 0. The summed E-state index contributed by atoms with van der Waals surface area (Å²) in [6.45, 7) is 3.48. The lowest BCUT2D eigenvalue weighted by Crippen LogP contribution is -2.45. The van der Waals surface area contributed by atoms with E-state index in [0.717, 1.165) is 75.6 Å². The van der Waals surface area contributed by atoms with Gasteiger partial charge >= 0.3 is 0 Å². The summed E-state index contributed by atoms with van der Waals surface area (Å²) in [5.41, 5.74) is 2.14.